The molecule has 1 aromatic carbocycles. The van der Waals surface area contributed by atoms with Gasteiger partial charge in [-0.25, -0.2) is 0 Å². The van der Waals surface area contributed by atoms with Crippen LogP contribution < -0.4 is 5.32 Å². The van der Waals surface area contributed by atoms with Crippen LogP contribution in [0.15, 0.2) is 24.3 Å². The number of carbonyl (C=O) groups is 1. The summed E-state index contributed by atoms with van der Waals surface area (Å²) in [6.07, 6.45) is 4.71. The molecule has 19 heavy (non-hydrogen) atoms. The van der Waals surface area contributed by atoms with Crippen LogP contribution in [-0.2, 0) is 10.2 Å². The highest BCUT2D eigenvalue weighted by Crippen LogP contribution is 2.51. The lowest BCUT2D eigenvalue weighted by atomic mass is 9.85. The Morgan fingerprint density at radius 2 is 2.05 bits per heavy atom. The summed E-state index contributed by atoms with van der Waals surface area (Å²) in [4.78, 5) is 11.0. The van der Waals surface area contributed by atoms with E-state index in [1.54, 1.807) is 0 Å². The van der Waals surface area contributed by atoms with Gasteiger partial charge in [-0.2, -0.15) is 0 Å². The van der Waals surface area contributed by atoms with Gasteiger partial charge >= 0.3 is 5.97 Å². The van der Waals surface area contributed by atoms with Gasteiger partial charge in [0.25, 0.3) is 0 Å². The zero-order chi connectivity index (χ0) is 13.3. The molecular weight excluding hydrogens is 238 g/mol. The summed E-state index contributed by atoms with van der Waals surface area (Å²) in [6.45, 7) is 2.18. The quantitative estimate of drug-likeness (QED) is 0.874. The lowest BCUT2D eigenvalue weighted by Gasteiger charge is -2.24. The van der Waals surface area contributed by atoms with Crippen molar-refractivity contribution in [3.8, 4) is 0 Å². The fourth-order valence-corrected chi connectivity index (χ4v) is 3.29. The Balaban J connectivity index is 1.81. The van der Waals surface area contributed by atoms with Crippen LogP contribution in [0.5, 0.6) is 0 Å². The number of hydrogen-bond acceptors (Lipinski definition) is 2. The molecule has 2 fully saturated rings. The van der Waals surface area contributed by atoms with E-state index in [0.29, 0.717) is 5.92 Å². The lowest BCUT2D eigenvalue weighted by molar-refractivity contribution is -0.137. The average Bonchev–Trinajstić information content (AvgIpc) is 3.20. The van der Waals surface area contributed by atoms with Gasteiger partial charge in [-0.1, -0.05) is 24.3 Å². The number of aliphatic carboxylic acids is 1. The van der Waals surface area contributed by atoms with Gasteiger partial charge in [0.05, 0.1) is 6.42 Å². The third-order valence-corrected chi connectivity index (χ3v) is 4.65. The van der Waals surface area contributed by atoms with Crippen molar-refractivity contribution in [1.82, 2.24) is 5.32 Å². The SMILES string of the molecule is O=C(O)CC1(c2cccc(C3CCNCC3)c2)CC1. The Morgan fingerprint density at radius 1 is 1.32 bits per heavy atom. The molecular formula is C16H21NO2. The van der Waals surface area contributed by atoms with Crippen LogP contribution in [0, 0.1) is 0 Å². The highest BCUT2D eigenvalue weighted by atomic mass is 16.4. The molecule has 1 aliphatic heterocycles. The highest BCUT2D eigenvalue weighted by molar-refractivity contribution is 5.70. The first-order valence-corrected chi connectivity index (χ1v) is 7.23. The molecule has 0 radical (unpaired) electrons. The number of carboxylic acid groups (broad SMARTS) is 1. The molecule has 1 saturated heterocycles. The Morgan fingerprint density at radius 3 is 2.68 bits per heavy atom. The number of piperidine rings is 1. The van der Waals surface area contributed by atoms with Crippen LogP contribution in [0.3, 0.4) is 0 Å². The maximum absolute atomic E-state index is 11.0. The fourth-order valence-electron chi connectivity index (χ4n) is 3.29. The van der Waals surface area contributed by atoms with Crippen molar-refractivity contribution < 1.29 is 9.90 Å². The molecule has 1 saturated carbocycles. The normalized spacial score (nSPS) is 22.1. The van der Waals surface area contributed by atoms with E-state index >= 15 is 0 Å². The first-order valence-electron chi connectivity index (χ1n) is 7.23. The second-order valence-corrected chi connectivity index (χ2v) is 6.00. The number of hydrogen-bond donors (Lipinski definition) is 2. The molecule has 2 N–H and O–H groups in total. The minimum atomic E-state index is -0.676. The minimum Gasteiger partial charge on any atom is -0.481 e. The van der Waals surface area contributed by atoms with Crippen molar-refractivity contribution in [3.05, 3.63) is 35.4 Å². The molecule has 0 atom stereocenters. The number of benzene rings is 1. The van der Waals surface area contributed by atoms with E-state index < -0.39 is 5.97 Å². The molecule has 0 amide bonds. The molecule has 102 valence electrons. The van der Waals surface area contributed by atoms with Gasteiger partial charge in [0.2, 0.25) is 0 Å². The molecule has 0 bridgehead atoms. The summed E-state index contributed by atoms with van der Waals surface area (Å²) < 4.78 is 0. The van der Waals surface area contributed by atoms with Gasteiger partial charge in [-0.05, 0) is 55.8 Å². The van der Waals surface area contributed by atoms with Gasteiger partial charge < -0.3 is 10.4 Å². The van der Waals surface area contributed by atoms with Crippen LogP contribution in [0.25, 0.3) is 0 Å². The maximum Gasteiger partial charge on any atom is 0.304 e. The summed E-state index contributed by atoms with van der Waals surface area (Å²) in [5.41, 5.74) is 2.58. The molecule has 0 unspecified atom stereocenters. The zero-order valence-electron chi connectivity index (χ0n) is 11.2. The minimum absolute atomic E-state index is 0.0608. The standard InChI is InChI=1S/C16H21NO2/c18-15(19)11-16(6-7-16)14-3-1-2-13(10-14)12-4-8-17-9-5-12/h1-3,10,12,17H,4-9,11H2,(H,18,19). The summed E-state index contributed by atoms with van der Waals surface area (Å²) in [6, 6.07) is 8.69. The molecule has 1 aliphatic carbocycles. The van der Waals surface area contributed by atoms with Crippen LogP contribution in [0.2, 0.25) is 0 Å². The van der Waals surface area contributed by atoms with Gasteiger partial charge in [-0.3, -0.25) is 4.79 Å². The Kier molecular flexibility index (Phi) is 3.31. The van der Waals surface area contributed by atoms with E-state index in [0.717, 1.165) is 25.9 Å². The van der Waals surface area contributed by atoms with E-state index in [4.69, 9.17) is 5.11 Å². The largest absolute Gasteiger partial charge is 0.481 e. The first-order chi connectivity index (χ1) is 9.20. The average molecular weight is 259 g/mol. The summed E-state index contributed by atoms with van der Waals surface area (Å²) in [5, 5.41) is 12.5. The van der Waals surface area contributed by atoms with Crippen LogP contribution >= 0.6 is 0 Å². The van der Waals surface area contributed by atoms with E-state index in [1.165, 1.54) is 24.0 Å². The number of carboxylic acids is 1. The van der Waals surface area contributed by atoms with Crippen molar-refractivity contribution in [3.63, 3.8) is 0 Å². The summed E-state index contributed by atoms with van der Waals surface area (Å²) in [7, 11) is 0. The van der Waals surface area contributed by atoms with Crippen LogP contribution in [0.4, 0.5) is 0 Å². The Bertz CT molecular complexity index is 473. The van der Waals surface area contributed by atoms with Crippen LogP contribution in [0.1, 0.15) is 49.1 Å². The lowest BCUT2D eigenvalue weighted by Crippen LogP contribution is -2.26. The Hall–Kier alpha value is -1.35. The van der Waals surface area contributed by atoms with E-state index in [2.05, 4.69) is 29.6 Å². The summed E-state index contributed by atoms with van der Waals surface area (Å²) >= 11 is 0. The smallest absolute Gasteiger partial charge is 0.304 e. The predicted molar refractivity (Wildman–Crippen MR) is 74.5 cm³/mol. The number of nitrogens with one attached hydrogen (secondary N) is 1. The molecule has 2 aliphatic rings. The molecule has 1 heterocycles. The second kappa shape index (κ2) is 4.97. The molecule has 0 spiro atoms. The third kappa shape index (κ3) is 2.66. The van der Waals surface area contributed by atoms with Crippen molar-refractivity contribution in [2.45, 2.75) is 43.4 Å². The van der Waals surface area contributed by atoms with Crippen molar-refractivity contribution in [1.29, 1.82) is 0 Å². The van der Waals surface area contributed by atoms with Gasteiger partial charge in [0, 0.05) is 5.41 Å². The zero-order valence-corrected chi connectivity index (χ0v) is 11.2. The van der Waals surface area contributed by atoms with Gasteiger partial charge in [0.1, 0.15) is 0 Å². The molecule has 3 heteroatoms. The van der Waals surface area contributed by atoms with Crippen molar-refractivity contribution in [2.24, 2.45) is 0 Å². The maximum atomic E-state index is 11.0. The molecule has 3 nitrogen and oxygen atoms in total. The molecule has 0 aromatic heterocycles. The molecule has 1 aromatic rings. The molecule has 3 rings (SSSR count). The Labute approximate surface area is 114 Å². The monoisotopic (exact) mass is 259 g/mol. The van der Waals surface area contributed by atoms with Crippen molar-refractivity contribution in [2.75, 3.05) is 13.1 Å². The van der Waals surface area contributed by atoms with E-state index in [1.807, 2.05) is 0 Å². The topological polar surface area (TPSA) is 49.3 Å². The van der Waals surface area contributed by atoms with Crippen LogP contribution in [-0.4, -0.2) is 24.2 Å². The van der Waals surface area contributed by atoms with E-state index in [9.17, 15) is 4.79 Å². The van der Waals surface area contributed by atoms with Crippen molar-refractivity contribution >= 4 is 5.97 Å². The van der Waals surface area contributed by atoms with Gasteiger partial charge in [0.15, 0.2) is 0 Å². The van der Waals surface area contributed by atoms with Gasteiger partial charge in [-0.15, -0.1) is 0 Å². The summed E-state index contributed by atoms with van der Waals surface area (Å²) in [5.74, 6) is -0.0356. The fraction of sp³-hybridized carbons (Fsp3) is 0.562. The predicted octanol–water partition coefficient (Wildman–Crippen LogP) is 2.66. The second-order valence-electron chi connectivity index (χ2n) is 6.00. The highest BCUT2D eigenvalue weighted by Gasteiger charge is 2.46. The third-order valence-electron chi connectivity index (χ3n) is 4.65. The van der Waals surface area contributed by atoms with E-state index in [-0.39, 0.29) is 11.8 Å². The first kappa shape index (κ1) is 12.7. The number of rotatable bonds is 4.